The monoisotopic (exact) mass is 245 g/mol. The minimum atomic E-state index is -0.370. The lowest BCUT2D eigenvalue weighted by Gasteiger charge is -1.91. The van der Waals surface area contributed by atoms with Crippen molar-refractivity contribution in [2.45, 2.75) is 6.92 Å². The first-order chi connectivity index (χ1) is 6.24. The quantitative estimate of drug-likeness (QED) is 0.250. The molecule has 0 heterocycles. The van der Waals surface area contributed by atoms with E-state index in [1.807, 2.05) is 6.92 Å². The van der Waals surface area contributed by atoms with Crippen LogP contribution in [0.3, 0.4) is 0 Å². The van der Waals surface area contributed by atoms with Gasteiger partial charge in [0.25, 0.3) is 0 Å². The van der Waals surface area contributed by atoms with Crippen LogP contribution in [0.15, 0.2) is 28.9 Å². The Hall–Kier alpha value is -0.900. The van der Waals surface area contributed by atoms with Crippen LogP contribution in [-0.4, -0.2) is 24.6 Å². The van der Waals surface area contributed by atoms with Gasteiger partial charge >= 0.3 is 5.97 Å². The van der Waals surface area contributed by atoms with E-state index in [-0.39, 0.29) is 5.97 Å². The van der Waals surface area contributed by atoms with Gasteiger partial charge in [0.05, 0.1) is 12.8 Å². The second-order valence-corrected chi connectivity index (χ2v) is 2.62. The fraction of sp³-hybridized carbons (Fsp3) is 0.333. The summed E-state index contributed by atoms with van der Waals surface area (Å²) in [5.41, 5.74) is 0.850. The second-order valence-electron chi connectivity index (χ2n) is 2.06. The van der Waals surface area contributed by atoms with Gasteiger partial charge in [-0.1, -0.05) is 22.0 Å². The summed E-state index contributed by atoms with van der Waals surface area (Å²) in [4.78, 5) is 14.7. The molecule has 0 aromatic rings. The van der Waals surface area contributed by atoms with Crippen molar-refractivity contribution in [1.82, 2.24) is 0 Å². The summed E-state index contributed by atoms with van der Waals surface area (Å²) in [5.74, 6) is -0.370. The van der Waals surface area contributed by atoms with E-state index in [2.05, 4.69) is 25.7 Å². The molecule has 0 spiro atoms. The van der Waals surface area contributed by atoms with E-state index in [1.54, 1.807) is 18.4 Å². The Bertz CT molecular complexity index is 244. The van der Waals surface area contributed by atoms with Crippen LogP contribution < -0.4 is 0 Å². The molecule has 0 fully saturated rings. The molecule has 0 aromatic carbocycles. The molecule has 72 valence electrons. The number of carbonyl (C=O) groups is 1. The molecule has 0 radical (unpaired) electrons. The molecule has 0 N–H and O–H groups in total. The van der Waals surface area contributed by atoms with Gasteiger partial charge in [-0.2, -0.15) is 0 Å². The normalized spacial score (nSPS) is 12.7. The molecule has 0 unspecified atom stereocenters. The largest absolute Gasteiger partial charge is 0.466 e. The van der Waals surface area contributed by atoms with Crippen molar-refractivity contribution in [3.63, 3.8) is 0 Å². The Morgan fingerprint density at radius 2 is 2.31 bits per heavy atom. The topological polar surface area (TPSA) is 38.7 Å². The number of allylic oxidation sites excluding steroid dienone is 3. The van der Waals surface area contributed by atoms with E-state index < -0.39 is 0 Å². The van der Waals surface area contributed by atoms with Crippen molar-refractivity contribution in [2.24, 2.45) is 4.99 Å². The van der Waals surface area contributed by atoms with E-state index in [0.29, 0.717) is 5.33 Å². The van der Waals surface area contributed by atoms with Crippen LogP contribution in [0, 0.1) is 0 Å². The van der Waals surface area contributed by atoms with Crippen molar-refractivity contribution in [3.05, 3.63) is 23.9 Å². The Morgan fingerprint density at radius 1 is 1.62 bits per heavy atom. The summed E-state index contributed by atoms with van der Waals surface area (Å²) in [7, 11) is 1.34. The van der Waals surface area contributed by atoms with Gasteiger partial charge in [0.1, 0.15) is 0 Å². The summed E-state index contributed by atoms with van der Waals surface area (Å²) >= 11 is 3.27. The fourth-order valence-corrected chi connectivity index (χ4v) is 0.925. The highest BCUT2D eigenvalue weighted by molar-refractivity contribution is 9.09. The average Bonchev–Trinajstić information content (AvgIpc) is 2.16. The Balaban J connectivity index is 4.21. The highest BCUT2D eigenvalue weighted by Crippen LogP contribution is 2.00. The van der Waals surface area contributed by atoms with Gasteiger partial charge in [0.2, 0.25) is 0 Å². The predicted molar refractivity (Wildman–Crippen MR) is 57.2 cm³/mol. The Morgan fingerprint density at radius 3 is 2.77 bits per heavy atom. The summed E-state index contributed by atoms with van der Waals surface area (Å²) in [6, 6.07) is 0. The molecule has 0 saturated carbocycles. The lowest BCUT2D eigenvalue weighted by Crippen LogP contribution is -1.92. The summed E-state index contributed by atoms with van der Waals surface area (Å²) in [6.45, 7) is 1.83. The average molecular weight is 246 g/mol. The molecule has 0 aliphatic carbocycles. The maximum atomic E-state index is 10.7. The number of rotatable bonds is 4. The molecule has 0 atom stereocenters. The van der Waals surface area contributed by atoms with Crippen LogP contribution in [0.5, 0.6) is 0 Å². The Kier molecular flexibility index (Phi) is 7.20. The minimum Gasteiger partial charge on any atom is -0.466 e. The summed E-state index contributed by atoms with van der Waals surface area (Å²) < 4.78 is 4.42. The number of carbonyl (C=O) groups excluding carboxylic acids is 1. The Labute approximate surface area is 86.3 Å². The van der Waals surface area contributed by atoms with Gasteiger partial charge in [-0.25, -0.2) is 4.79 Å². The number of hydrogen-bond donors (Lipinski definition) is 0. The number of alkyl halides is 1. The zero-order valence-corrected chi connectivity index (χ0v) is 9.24. The number of esters is 1. The number of nitrogens with zero attached hydrogens (tertiary/aromatic N) is 1. The second kappa shape index (κ2) is 7.73. The van der Waals surface area contributed by atoms with Gasteiger partial charge in [0, 0.05) is 17.6 Å². The number of hydrogen-bond acceptors (Lipinski definition) is 3. The first-order valence-corrected chi connectivity index (χ1v) is 4.86. The van der Waals surface area contributed by atoms with Gasteiger partial charge in [0.15, 0.2) is 0 Å². The van der Waals surface area contributed by atoms with Crippen LogP contribution in [0.4, 0.5) is 0 Å². The number of methoxy groups -OCH3 is 1. The van der Waals surface area contributed by atoms with Crippen molar-refractivity contribution >= 4 is 28.1 Å². The van der Waals surface area contributed by atoms with E-state index in [9.17, 15) is 4.79 Å². The molecule has 3 nitrogen and oxygen atoms in total. The summed E-state index contributed by atoms with van der Waals surface area (Å²) in [5, 5.41) is 0.656. The molecule has 0 aromatic heterocycles. The lowest BCUT2D eigenvalue weighted by molar-refractivity contribution is -0.134. The maximum absolute atomic E-state index is 10.7. The van der Waals surface area contributed by atoms with Crippen molar-refractivity contribution in [1.29, 1.82) is 0 Å². The van der Waals surface area contributed by atoms with Crippen LogP contribution >= 0.6 is 15.9 Å². The van der Waals surface area contributed by atoms with Crippen LogP contribution in [0.2, 0.25) is 0 Å². The van der Waals surface area contributed by atoms with Crippen LogP contribution in [0.25, 0.3) is 0 Å². The van der Waals surface area contributed by atoms with Crippen molar-refractivity contribution < 1.29 is 9.53 Å². The zero-order valence-electron chi connectivity index (χ0n) is 7.66. The van der Waals surface area contributed by atoms with E-state index in [0.717, 1.165) is 5.70 Å². The first-order valence-electron chi connectivity index (χ1n) is 3.74. The molecule has 0 rings (SSSR count). The third-order valence-electron chi connectivity index (χ3n) is 1.15. The summed E-state index contributed by atoms with van der Waals surface area (Å²) in [6.07, 6.45) is 6.38. The van der Waals surface area contributed by atoms with E-state index in [4.69, 9.17) is 0 Å². The third kappa shape index (κ3) is 6.28. The molecular weight excluding hydrogens is 234 g/mol. The molecule has 0 aliphatic rings. The van der Waals surface area contributed by atoms with Gasteiger partial charge in [-0.05, 0) is 13.0 Å². The molecule has 4 heteroatoms. The van der Waals surface area contributed by atoms with Gasteiger partial charge < -0.3 is 4.74 Å². The van der Waals surface area contributed by atoms with Gasteiger partial charge in [-0.3, -0.25) is 4.99 Å². The zero-order chi connectivity index (χ0) is 10.1. The fourth-order valence-electron chi connectivity index (χ4n) is 0.594. The molecule has 0 saturated heterocycles. The molecule has 0 bridgehead atoms. The predicted octanol–water partition coefficient (Wildman–Crippen LogP) is 2.09. The number of aliphatic imine (C=N–C) groups is 1. The SMILES string of the molecule is C\C=N/C(=C\C=C\C(=O)OC)CBr. The van der Waals surface area contributed by atoms with Crippen molar-refractivity contribution in [2.75, 3.05) is 12.4 Å². The molecule has 0 aliphatic heterocycles. The highest BCUT2D eigenvalue weighted by atomic mass is 79.9. The van der Waals surface area contributed by atoms with Crippen molar-refractivity contribution in [3.8, 4) is 0 Å². The molecule has 0 amide bonds. The first kappa shape index (κ1) is 12.1. The smallest absolute Gasteiger partial charge is 0.330 e. The molecule has 13 heavy (non-hydrogen) atoms. The number of halogens is 1. The van der Waals surface area contributed by atoms with E-state index >= 15 is 0 Å². The minimum absolute atomic E-state index is 0.370. The number of ether oxygens (including phenoxy) is 1. The maximum Gasteiger partial charge on any atom is 0.330 e. The standard InChI is InChI=1S/C9H12BrNO2/c1-3-11-8(7-10)5-4-6-9(12)13-2/h3-6H,7H2,1-2H3/b6-4+,8-5-,11-3-. The third-order valence-corrected chi connectivity index (χ3v) is 1.73. The van der Waals surface area contributed by atoms with Gasteiger partial charge in [-0.15, -0.1) is 0 Å². The van der Waals surface area contributed by atoms with Crippen LogP contribution in [0.1, 0.15) is 6.92 Å². The lowest BCUT2D eigenvalue weighted by atomic mass is 10.4. The molecular formula is C9H12BrNO2. The van der Waals surface area contributed by atoms with E-state index in [1.165, 1.54) is 13.2 Å². The highest BCUT2D eigenvalue weighted by Gasteiger charge is 1.89. The van der Waals surface area contributed by atoms with Crippen LogP contribution in [-0.2, 0) is 9.53 Å².